The second-order valence-electron chi connectivity index (χ2n) is 6.87. The van der Waals surface area contributed by atoms with Crippen molar-refractivity contribution in [2.45, 2.75) is 39.2 Å². The molecule has 0 aromatic heterocycles. The van der Waals surface area contributed by atoms with Gasteiger partial charge in [-0.25, -0.2) is 0 Å². The van der Waals surface area contributed by atoms with Crippen molar-refractivity contribution < 1.29 is 14.3 Å². The minimum Gasteiger partial charge on any atom is -0.497 e. The van der Waals surface area contributed by atoms with E-state index in [1.807, 2.05) is 41.3 Å². The monoisotopic (exact) mass is 353 g/mol. The van der Waals surface area contributed by atoms with Gasteiger partial charge in [-0.2, -0.15) is 0 Å². The molecule has 1 atom stereocenters. The summed E-state index contributed by atoms with van der Waals surface area (Å²) in [5.74, 6) is 1.81. The summed E-state index contributed by atoms with van der Waals surface area (Å²) in [6.07, 6.45) is 2.43. The molecule has 0 aliphatic carbocycles. The molecule has 26 heavy (non-hydrogen) atoms. The molecule has 1 heterocycles. The molecule has 0 spiro atoms. The van der Waals surface area contributed by atoms with E-state index in [2.05, 4.69) is 19.9 Å². The summed E-state index contributed by atoms with van der Waals surface area (Å²) < 4.78 is 11.1. The smallest absolute Gasteiger partial charge is 0.226 e. The van der Waals surface area contributed by atoms with E-state index < -0.39 is 0 Å². The van der Waals surface area contributed by atoms with Crippen molar-refractivity contribution >= 4 is 5.91 Å². The molecule has 0 bridgehead atoms. The molecular weight excluding hydrogens is 326 g/mol. The number of hydrogen-bond acceptors (Lipinski definition) is 3. The van der Waals surface area contributed by atoms with Crippen LogP contribution in [0.1, 0.15) is 42.0 Å². The Labute approximate surface area is 155 Å². The van der Waals surface area contributed by atoms with Gasteiger partial charge in [-0.1, -0.05) is 18.2 Å². The topological polar surface area (TPSA) is 38.8 Å². The van der Waals surface area contributed by atoms with Crippen molar-refractivity contribution in [3.63, 3.8) is 0 Å². The Balaban J connectivity index is 1.58. The highest BCUT2D eigenvalue weighted by Crippen LogP contribution is 2.33. The summed E-state index contributed by atoms with van der Waals surface area (Å²) in [4.78, 5) is 14.7. The van der Waals surface area contributed by atoms with Crippen molar-refractivity contribution in [3.8, 4) is 11.5 Å². The summed E-state index contributed by atoms with van der Waals surface area (Å²) >= 11 is 0. The highest BCUT2D eigenvalue weighted by molar-refractivity contribution is 5.77. The molecule has 138 valence electrons. The van der Waals surface area contributed by atoms with Crippen LogP contribution >= 0.6 is 0 Å². The summed E-state index contributed by atoms with van der Waals surface area (Å²) in [5.41, 5.74) is 3.59. The molecule has 1 aliphatic heterocycles. The molecule has 0 N–H and O–H groups in total. The molecule has 2 aromatic carbocycles. The maximum absolute atomic E-state index is 12.7. The first-order valence-electron chi connectivity index (χ1n) is 9.22. The van der Waals surface area contributed by atoms with Crippen LogP contribution in [0.5, 0.6) is 11.5 Å². The normalized spacial score (nSPS) is 16.6. The molecule has 1 amide bonds. The third-order valence-electron chi connectivity index (χ3n) is 5.11. The van der Waals surface area contributed by atoms with Gasteiger partial charge in [0.2, 0.25) is 5.91 Å². The summed E-state index contributed by atoms with van der Waals surface area (Å²) in [7, 11) is 1.67. The van der Waals surface area contributed by atoms with E-state index in [9.17, 15) is 4.79 Å². The number of carbonyl (C=O) groups excluding carboxylic acids is 1. The van der Waals surface area contributed by atoms with Gasteiger partial charge in [0.25, 0.3) is 0 Å². The first-order chi connectivity index (χ1) is 12.6. The van der Waals surface area contributed by atoms with Gasteiger partial charge in [0, 0.05) is 6.54 Å². The highest BCUT2D eigenvalue weighted by atomic mass is 16.5. The second kappa shape index (κ2) is 8.26. The van der Waals surface area contributed by atoms with E-state index in [4.69, 9.17) is 9.47 Å². The van der Waals surface area contributed by atoms with Crippen LogP contribution in [0.2, 0.25) is 0 Å². The van der Waals surface area contributed by atoms with Crippen LogP contribution in [-0.2, 0) is 4.79 Å². The van der Waals surface area contributed by atoms with Crippen LogP contribution in [0.25, 0.3) is 0 Å². The van der Waals surface area contributed by atoms with E-state index in [0.717, 1.165) is 36.4 Å². The Morgan fingerprint density at radius 3 is 2.73 bits per heavy atom. The van der Waals surface area contributed by atoms with E-state index in [1.165, 1.54) is 11.1 Å². The Hall–Kier alpha value is -2.49. The van der Waals surface area contributed by atoms with Crippen LogP contribution < -0.4 is 9.47 Å². The molecule has 4 nitrogen and oxygen atoms in total. The van der Waals surface area contributed by atoms with Gasteiger partial charge in [-0.05, 0) is 67.6 Å². The van der Waals surface area contributed by atoms with E-state index >= 15 is 0 Å². The zero-order chi connectivity index (χ0) is 18.5. The number of ether oxygens (including phenoxy) is 2. The minimum atomic E-state index is 0.138. The molecule has 3 rings (SSSR count). The average Bonchev–Trinajstić information content (AvgIpc) is 3.14. The number of aryl methyl sites for hydroxylation is 2. The molecule has 4 heteroatoms. The standard InChI is InChI=1S/C22H27NO3/c1-16-9-10-20(14-17(16)2)26-13-11-22(24)23-12-5-8-21(23)18-6-4-7-19(15-18)25-3/h4,6-7,9-10,14-15,21H,5,8,11-13H2,1-3H3. The van der Waals surface area contributed by atoms with Gasteiger partial charge in [0.1, 0.15) is 11.5 Å². The summed E-state index contributed by atoms with van der Waals surface area (Å²) in [6.45, 7) is 5.36. The highest BCUT2D eigenvalue weighted by Gasteiger charge is 2.29. The van der Waals surface area contributed by atoms with Crippen LogP contribution in [-0.4, -0.2) is 31.1 Å². The maximum atomic E-state index is 12.7. The third kappa shape index (κ3) is 4.18. The first kappa shape index (κ1) is 18.3. The van der Waals surface area contributed by atoms with Gasteiger partial charge in [-0.3, -0.25) is 4.79 Å². The molecule has 0 saturated carbocycles. The zero-order valence-electron chi connectivity index (χ0n) is 15.8. The fraction of sp³-hybridized carbons (Fsp3) is 0.409. The van der Waals surface area contributed by atoms with Gasteiger partial charge in [0.05, 0.1) is 26.2 Å². The van der Waals surface area contributed by atoms with Crippen molar-refractivity contribution in [2.24, 2.45) is 0 Å². The van der Waals surface area contributed by atoms with Crippen LogP contribution in [0.4, 0.5) is 0 Å². The summed E-state index contributed by atoms with van der Waals surface area (Å²) in [5, 5.41) is 0. The Kier molecular flexibility index (Phi) is 5.82. The minimum absolute atomic E-state index is 0.138. The number of likely N-dealkylation sites (tertiary alicyclic amines) is 1. The number of nitrogens with zero attached hydrogens (tertiary/aromatic N) is 1. The average molecular weight is 353 g/mol. The van der Waals surface area contributed by atoms with Gasteiger partial charge < -0.3 is 14.4 Å². The zero-order valence-corrected chi connectivity index (χ0v) is 15.8. The number of amides is 1. The Morgan fingerprint density at radius 2 is 1.96 bits per heavy atom. The molecule has 1 saturated heterocycles. The number of hydrogen-bond donors (Lipinski definition) is 0. The van der Waals surface area contributed by atoms with Gasteiger partial charge in [0.15, 0.2) is 0 Å². The van der Waals surface area contributed by atoms with Crippen molar-refractivity contribution in [1.82, 2.24) is 4.90 Å². The lowest BCUT2D eigenvalue weighted by Crippen LogP contribution is -2.31. The molecular formula is C22H27NO3. The van der Waals surface area contributed by atoms with Crippen LogP contribution in [0.15, 0.2) is 42.5 Å². The van der Waals surface area contributed by atoms with E-state index in [-0.39, 0.29) is 11.9 Å². The quantitative estimate of drug-likeness (QED) is 0.770. The van der Waals surface area contributed by atoms with Gasteiger partial charge >= 0.3 is 0 Å². The lowest BCUT2D eigenvalue weighted by atomic mass is 10.0. The van der Waals surface area contributed by atoms with E-state index in [0.29, 0.717) is 13.0 Å². The molecule has 1 unspecified atom stereocenters. The number of carbonyl (C=O) groups is 1. The van der Waals surface area contributed by atoms with Crippen molar-refractivity contribution in [2.75, 3.05) is 20.3 Å². The maximum Gasteiger partial charge on any atom is 0.226 e. The fourth-order valence-corrected chi connectivity index (χ4v) is 3.46. The second-order valence-corrected chi connectivity index (χ2v) is 6.87. The van der Waals surface area contributed by atoms with Crippen molar-refractivity contribution in [3.05, 3.63) is 59.2 Å². The first-order valence-corrected chi connectivity index (χ1v) is 9.22. The SMILES string of the molecule is COc1cccc(C2CCCN2C(=O)CCOc2ccc(C)c(C)c2)c1. The predicted molar refractivity (Wildman–Crippen MR) is 103 cm³/mol. The summed E-state index contributed by atoms with van der Waals surface area (Å²) in [6, 6.07) is 14.2. The molecule has 1 aliphatic rings. The lowest BCUT2D eigenvalue weighted by Gasteiger charge is -2.25. The molecule has 2 aromatic rings. The fourth-order valence-electron chi connectivity index (χ4n) is 3.46. The predicted octanol–water partition coefficient (Wildman–Crippen LogP) is 4.44. The Morgan fingerprint density at radius 1 is 1.12 bits per heavy atom. The third-order valence-corrected chi connectivity index (χ3v) is 5.11. The molecule has 0 radical (unpaired) electrons. The van der Waals surface area contributed by atoms with Gasteiger partial charge in [-0.15, -0.1) is 0 Å². The van der Waals surface area contributed by atoms with Crippen molar-refractivity contribution in [1.29, 1.82) is 0 Å². The lowest BCUT2D eigenvalue weighted by molar-refractivity contribution is -0.132. The van der Waals surface area contributed by atoms with Crippen LogP contribution in [0.3, 0.4) is 0 Å². The van der Waals surface area contributed by atoms with E-state index in [1.54, 1.807) is 7.11 Å². The molecule has 1 fully saturated rings. The largest absolute Gasteiger partial charge is 0.497 e. The number of benzene rings is 2. The number of rotatable bonds is 6. The van der Waals surface area contributed by atoms with Crippen LogP contribution in [0, 0.1) is 13.8 Å². The number of methoxy groups -OCH3 is 1. The Bertz CT molecular complexity index is 772.